The third-order valence-corrected chi connectivity index (χ3v) is 6.15. The summed E-state index contributed by atoms with van der Waals surface area (Å²) >= 11 is 0. The number of nitrogens with one attached hydrogen (secondary N) is 1. The number of ether oxygens (including phenoxy) is 2. The van der Waals surface area contributed by atoms with E-state index in [-0.39, 0.29) is 0 Å². The lowest BCUT2D eigenvalue weighted by Crippen LogP contribution is -2.43. The van der Waals surface area contributed by atoms with Crippen molar-refractivity contribution in [2.75, 3.05) is 32.1 Å². The Morgan fingerprint density at radius 2 is 1.96 bits per heavy atom. The van der Waals surface area contributed by atoms with Gasteiger partial charge in [-0.25, -0.2) is 0 Å². The topological polar surface area (TPSA) is 59.5 Å². The van der Waals surface area contributed by atoms with Gasteiger partial charge >= 0.3 is 0 Å². The van der Waals surface area contributed by atoms with E-state index in [1.165, 1.54) is 43.4 Å². The molecule has 5 rings (SSSR count). The molecule has 6 nitrogen and oxygen atoms in total. The highest BCUT2D eigenvalue weighted by atomic mass is 16.5. The van der Waals surface area contributed by atoms with Crippen molar-refractivity contribution >= 4 is 5.82 Å². The Hall–Kier alpha value is -2.18. The third kappa shape index (κ3) is 3.59. The molecule has 3 aliphatic rings. The minimum Gasteiger partial charge on any atom is -0.497 e. The van der Waals surface area contributed by atoms with Crippen LogP contribution in [0, 0.1) is 0 Å². The predicted octanol–water partition coefficient (Wildman–Crippen LogP) is 3.26. The van der Waals surface area contributed by atoms with E-state index in [1.807, 2.05) is 12.1 Å². The summed E-state index contributed by atoms with van der Waals surface area (Å²) < 4.78 is 11.1. The van der Waals surface area contributed by atoms with Crippen molar-refractivity contribution in [3.8, 4) is 17.0 Å². The maximum atomic E-state index is 5.78. The minimum absolute atomic E-state index is 0.446. The van der Waals surface area contributed by atoms with E-state index in [0.717, 1.165) is 48.4 Å². The zero-order valence-electron chi connectivity index (χ0n) is 16.5. The van der Waals surface area contributed by atoms with Gasteiger partial charge in [0.05, 0.1) is 26.0 Å². The number of benzene rings is 1. The van der Waals surface area contributed by atoms with Gasteiger partial charge in [-0.1, -0.05) is 0 Å². The van der Waals surface area contributed by atoms with E-state index in [4.69, 9.17) is 9.47 Å². The van der Waals surface area contributed by atoms with Gasteiger partial charge in [-0.2, -0.15) is 0 Å². The van der Waals surface area contributed by atoms with Crippen LogP contribution in [0.5, 0.6) is 5.75 Å². The second-order valence-electron chi connectivity index (χ2n) is 8.10. The molecule has 2 fully saturated rings. The van der Waals surface area contributed by atoms with E-state index in [0.29, 0.717) is 12.6 Å². The number of anilines is 1. The van der Waals surface area contributed by atoms with E-state index in [9.17, 15) is 0 Å². The van der Waals surface area contributed by atoms with Crippen molar-refractivity contribution in [2.45, 2.75) is 50.8 Å². The molecule has 1 aliphatic carbocycles. The summed E-state index contributed by atoms with van der Waals surface area (Å²) in [6, 6.07) is 9.33. The van der Waals surface area contributed by atoms with Crippen LogP contribution >= 0.6 is 0 Å². The summed E-state index contributed by atoms with van der Waals surface area (Å²) in [6.07, 6.45) is 6.06. The summed E-state index contributed by atoms with van der Waals surface area (Å²) in [5.41, 5.74) is 4.49. The van der Waals surface area contributed by atoms with Gasteiger partial charge in [-0.3, -0.25) is 4.90 Å². The van der Waals surface area contributed by atoms with Crippen molar-refractivity contribution < 1.29 is 9.47 Å². The fraction of sp³-hybridized carbons (Fsp3) is 0.545. The number of fused-ring (bicyclic) bond motifs is 1. The number of nitrogens with zero attached hydrogens (tertiary/aromatic N) is 3. The molecule has 1 atom stereocenters. The average Bonchev–Trinajstić information content (AvgIpc) is 3.60. The molecule has 6 heteroatoms. The Balaban J connectivity index is 1.41. The molecule has 1 unspecified atom stereocenters. The molecule has 1 N–H and O–H groups in total. The number of aromatic nitrogens is 2. The third-order valence-electron chi connectivity index (χ3n) is 6.15. The quantitative estimate of drug-likeness (QED) is 0.859. The number of piperidine rings is 1. The summed E-state index contributed by atoms with van der Waals surface area (Å²) in [6.45, 7) is 3.70. The average molecular weight is 380 g/mol. The van der Waals surface area contributed by atoms with Crippen LogP contribution in [-0.2, 0) is 17.8 Å². The van der Waals surface area contributed by atoms with Gasteiger partial charge in [-0.05, 0) is 68.5 Å². The fourth-order valence-electron chi connectivity index (χ4n) is 4.47. The SMILES string of the molecule is COc1ccc(-c2nnc(NC3CCCN(C4CC4)C3)c3c2CCOC3)cc1. The van der Waals surface area contributed by atoms with Crippen molar-refractivity contribution in [1.29, 1.82) is 0 Å². The second-order valence-corrected chi connectivity index (χ2v) is 8.10. The zero-order chi connectivity index (χ0) is 18.9. The molecule has 3 heterocycles. The molecule has 1 aromatic carbocycles. The second kappa shape index (κ2) is 7.68. The first-order chi connectivity index (χ1) is 13.8. The Bertz CT molecular complexity index is 835. The molecule has 0 amide bonds. The highest BCUT2D eigenvalue weighted by Crippen LogP contribution is 2.33. The van der Waals surface area contributed by atoms with Crippen molar-refractivity contribution in [1.82, 2.24) is 15.1 Å². The van der Waals surface area contributed by atoms with Gasteiger partial charge in [0.1, 0.15) is 5.75 Å². The number of hydrogen-bond acceptors (Lipinski definition) is 6. The first kappa shape index (κ1) is 17.9. The molecular weight excluding hydrogens is 352 g/mol. The zero-order valence-corrected chi connectivity index (χ0v) is 16.5. The summed E-state index contributed by atoms with van der Waals surface area (Å²) in [7, 11) is 1.68. The monoisotopic (exact) mass is 380 g/mol. The van der Waals surface area contributed by atoms with Crippen LogP contribution in [0.1, 0.15) is 36.8 Å². The van der Waals surface area contributed by atoms with Gasteiger partial charge in [0.2, 0.25) is 0 Å². The van der Waals surface area contributed by atoms with Crippen LogP contribution in [0.15, 0.2) is 24.3 Å². The molecule has 0 radical (unpaired) electrons. The molecule has 2 aromatic rings. The van der Waals surface area contributed by atoms with Crippen LogP contribution in [0.3, 0.4) is 0 Å². The molecule has 1 saturated carbocycles. The van der Waals surface area contributed by atoms with Crippen LogP contribution in [0.25, 0.3) is 11.3 Å². The number of likely N-dealkylation sites (tertiary alicyclic amines) is 1. The van der Waals surface area contributed by atoms with E-state index in [1.54, 1.807) is 7.11 Å². The van der Waals surface area contributed by atoms with Crippen LogP contribution in [-0.4, -0.2) is 54.0 Å². The lowest BCUT2D eigenvalue weighted by Gasteiger charge is -2.34. The Labute approximate surface area is 166 Å². The van der Waals surface area contributed by atoms with Gasteiger partial charge < -0.3 is 14.8 Å². The minimum atomic E-state index is 0.446. The smallest absolute Gasteiger partial charge is 0.154 e. The van der Waals surface area contributed by atoms with Crippen molar-refractivity contribution in [3.05, 3.63) is 35.4 Å². The van der Waals surface area contributed by atoms with Gasteiger partial charge in [-0.15, -0.1) is 10.2 Å². The highest BCUT2D eigenvalue weighted by molar-refractivity contribution is 5.68. The fourth-order valence-corrected chi connectivity index (χ4v) is 4.47. The maximum absolute atomic E-state index is 5.78. The van der Waals surface area contributed by atoms with E-state index < -0.39 is 0 Å². The van der Waals surface area contributed by atoms with E-state index >= 15 is 0 Å². The van der Waals surface area contributed by atoms with Gasteiger partial charge in [0, 0.05) is 29.8 Å². The molecule has 148 valence electrons. The normalized spacial score (nSPS) is 22.5. The lowest BCUT2D eigenvalue weighted by atomic mass is 9.97. The van der Waals surface area contributed by atoms with Gasteiger partial charge in [0.25, 0.3) is 0 Å². The molecule has 1 aromatic heterocycles. The van der Waals surface area contributed by atoms with Crippen LogP contribution < -0.4 is 10.1 Å². The van der Waals surface area contributed by atoms with Crippen LogP contribution in [0.2, 0.25) is 0 Å². The van der Waals surface area contributed by atoms with Crippen molar-refractivity contribution in [3.63, 3.8) is 0 Å². The summed E-state index contributed by atoms with van der Waals surface area (Å²) in [4.78, 5) is 2.64. The molecule has 1 saturated heterocycles. The van der Waals surface area contributed by atoms with Gasteiger partial charge in [0.15, 0.2) is 5.82 Å². The largest absolute Gasteiger partial charge is 0.497 e. The number of methoxy groups -OCH3 is 1. The highest BCUT2D eigenvalue weighted by Gasteiger charge is 2.33. The molecule has 28 heavy (non-hydrogen) atoms. The summed E-state index contributed by atoms with van der Waals surface area (Å²) in [5, 5.41) is 12.9. The summed E-state index contributed by atoms with van der Waals surface area (Å²) in [5.74, 6) is 1.76. The number of hydrogen-bond donors (Lipinski definition) is 1. The standard InChI is InChI=1S/C22H28N4O2/c1-27-18-8-4-15(5-9-18)21-19-10-12-28-14-20(19)22(25-24-21)23-16-3-2-11-26(13-16)17-6-7-17/h4-5,8-9,16-17H,2-3,6-7,10-14H2,1H3,(H,23,25). The van der Waals surface area contributed by atoms with Crippen molar-refractivity contribution in [2.24, 2.45) is 0 Å². The molecular formula is C22H28N4O2. The molecule has 0 spiro atoms. The Morgan fingerprint density at radius 1 is 1.11 bits per heavy atom. The first-order valence-electron chi connectivity index (χ1n) is 10.4. The first-order valence-corrected chi connectivity index (χ1v) is 10.4. The lowest BCUT2D eigenvalue weighted by molar-refractivity contribution is 0.111. The Kier molecular flexibility index (Phi) is 4.91. The van der Waals surface area contributed by atoms with Crippen LogP contribution in [0.4, 0.5) is 5.82 Å². The maximum Gasteiger partial charge on any atom is 0.154 e. The molecule has 2 aliphatic heterocycles. The predicted molar refractivity (Wildman–Crippen MR) is 109 cm³/mol. The number of rotatable bonds is 5. The van der Waals surface area contributed by atoms with E-state index in [2.05, 4.69) is 32.5 Å². The Morgan fingerprint density at radius 3 is 2.75 bits per heavy atom. The molecule has 0 bridgehead atoms.